The monoisotopic (exact) mass is 216 g/mol. The molecule has 0 aliphatic heterocycles. The molecule has 0 atom stereocenters. The molecule has 0 bridgehead atoms. The topological polar surface area (TPSA) is 72.8 Å². The van der Waals surface area contributed by atoms with Crippen LogP contribution in [0.5, 0.6) is 0 Å². The van der Waals surface area contributed by atoms with Crippen LogP contribution in [-0.4, -0.2) is 29.9 Å². The molecule has 0 radical (unpaired) electrons. The van der Waals surface area contributed by atoms with Gasteiger partial charge in [0.15, 0.2) is 6.79 Å². The predicted octanol–water partition coefficient (Wildman–Crippen LogP) is 1.31. The van der Waals surface area contributed by atoms with E-state index in [1.165, 1.54) is 6.42 Å². The van der Waals surface area contributed by atoms with Crippen LogP contribution in [0.15, 0.2) is 0 Å². The van der Waals surface area contributed by atoms with Gasteiger partial charge in [-0.25, -0.2) is 0 Å². The summed E-state index contributed by atoms with van der Waals surface area (Å²) in [6.45, 7) is -0.128. The normalized spacial score (nSPS) is 17.3. The molecule has 0 amide bonds. The van der Waals surface area contributed by atoms with Gasteiger partial charge in [0.2, 0.25) is 0 Å². The van der Waals surface area contributed by atoms with Crippen LogP contribution in [0.25, 0.3) is 0 Å². The zero-order valence-electron chi connectivity index (χ0n) is 8.61. The second kappa shape index (κ2) is 6.40. The number of esters is 1. The Hall–Kier alpha value is -1.10. The van der Waals surface area contributed by atoms with Gasteiger partial charge in [-0.05, 0) is 12.8 Å². The molecule has 5 heteroatoms. The summed E-state index contributed by atoms with van der Waals surface area (Å²) in [5.41, 5.74) is 0. The minimum absolute atomic E-state index is 0.128. The van der Waals surface area contributed by atoms with Gasteiger partial charge in [0, 0.05) is 0 Å². The average molecular weight is 216 g/mol. The van der Waals surface area contributed by atoms with Crippen LogP contribution in [0, 0.1) is 0 Å². The van der Waals surface area contributed by atoms with Crippen LogP contribution in [0.4, 0.5) is 0 Å². The summed E-state index contributed by atoms with van der Waals surface area (Å²) in [5, 5.41) is 8.29. The molecule has 1 aliphatic rings. The third kappa shape index (κ3) is 5.37. The summed E-state index contributed by atoms with van der Waals surface area (Å²) >= 11 is 0. The Kier molecular flexibility index (Phi) is 5.10. The maximum atomic E-state index is 10.8. The highest BCUT2D eigenvalue weighted by Crippen LogP contribution is 2.20. The Morgan fingerprint density at radius 2 is 1.87 bits per heavy atom. The lowest BCUT2D eigenvalue weighted by Crippen LogP contribution is -2.20. The molecule has 5 nitrogen and oxygen atoms in total. The zero-order chi connectivity index (χ0) is 11.1. The van der Waals surface area contributed by atoms with Crippen LogP contribution in [0.1, 0.15) is 38.5 Å². The molecule has 1 fully saturated rings. The summed E-state index contributed by atoms with van der Waals surface area (Å²) in [7, 11) is 0. The molecule has 0 spiro atoms. The number of aliphatic carboxylic acids is 1. The molecule has 0 aromatic rings. The SMILES string of the molecule is O=C(O)CC(=O)OCOC1CCCCC1. The average Bonchev–Trinajstić information content (AvgIpc) is 2.18. The van der Waals surface area contributed by atoms with E-state index in [9.17, 15) is 9.59 Å². The van der Waals surface area contributed by atoms with Crippen molar-refractivity contribution < 1.29 is 24.2 Å². The number of carbonyl (C=O) groups excluding carboxylic acids is 1. The van der Waals surface area contributed by atoms with E-state index in [1.807, 2.05) is 0 Å². The second-order valence-electron chi connectivity index (χ2n) is 3.63. The van der Waals surface area contributed by atoms with Crippen molar-refractivity contribution in [3.63, 3.8) is 0 Å². The Bertz CT molecular complexity index is 220. The molecule has 0 aromatic heterocycles. The van der Waals surface area contributed by atoms with E-state index in [2.05, 4.69) is 4.74 Å². The fourth-order valence-corrected chi connectivity index (χ4v) is 1.60. The fourth-order valence-electron chi connectivity index (χ4n) is 1.60. The Balaban J connectivity index is 2.04. The number of carboxylic acid groups (broad SMARTS) is 1. The molecule has 15 heavy (non-hydrogen) atoms. The predicted molar refractivity (Wildman–Crippen MR) is 51.2 cm³/mol. The van der Waals surface area contributed by atoms with Crippen molar-refractivity contribution in [2.45, 2.75) is 44.6 Å². The number of hydrogen-bond acceptors (Lipinski definition) is 4. The van der Waals surface area contributed by atoms with Crippen LogP contribution < -0.4 is 0 Å². The Labute approximate surface area is 88.4 Å². The van der Waals surface area contributed by atoms with E-state index in [4.69, 9.17) is 9.84 Å². The first kappa shape index (κ1) is 12.0. The van der Waals surface area contributed by atoms with E-state index >= 15 is 0 Å². The fraction of sp³-hybridized carbons (Fsp3) is 0.800. The standard InChI is InChI=1S/C10H16O5/c11-9(12)6-10(13)15-7-14-8-4-2-1-3-5-8/h8H,1-7H2,(H,11,12). The number of carbonyl (C=O) groups is 2. The first-order chi connectivity index (χ1) is 7.18. The third-order valence-electron chi connectivity index (χ3n) is 2.37. The molecule has 0 heterocycles. The van der Waals surface area contributed by atoms with Gasteiger partial charge in [-0.3, -0.25) is 9.59 Å². The summed E-state index contributed by atoms with van der Waals surface area (Å²) in [5.74, 6) is -1.93. The van der Waals surface area contributed by atoms with Crippen molar-refractivity contribution in [2.24, 2.45) is 0 Å². The van der Waals surface area contributed by atoms with Gasteiger partial charge in [0.05, 0.1) is 6.10 Å². The van der Waals surface area contributed by atoms with Crippen LogP contribution in [0.3, 0.4) is 0 Å². The van der Waals surface area contributed by atoms with Gasteiger partial charge in [0.1, 0.15) is 6.42 Å². The van der Waals surface area contributed by atoms with Crippen LogP contribution >= 0.6 is 0 Å². The van der Waals surface area contributed by atoms with E-state index in [1.54, 1.807) is 0 Å². The highest BCUT2D eigenvalue weighted by atomic mass is 16.7. The van der Waals surface area contributed by atoms with Crippen molar-refractivity contribution in [1.82, 2.24) is 0 Å². The molecule has 0 unspecified atom stereocenters. The summed E-state index contributed by atoms with van der Waals surface area (Å²) < 4.78 is 9.91. The molecule has 1 saturated carbocycles. The lowest BCUT2D eigenvalue weighted by molar-refractivity contribution is -0.165. The maximum absolute atomic E-state index is 10.8. The van der Waals surface area contributed by atoms with Gasteiger partial charge in [-0.1, -0.05) is 19.3 Å². The molecule has 1 aliphatic carbocycles. The van der Waals surface area contributed by atoms with Gasteiger partial charge in [-0.2, -0.15) is 0 Å². The minimum atomic E-state index is -1.18. The molecular weight excluding hydrogens is 200 g/mol. The molecule has 1 N–H and O–H groups in total. The molecule has 0 saturated heterocycles. The first-order valence-electron chi connectivity index (χ1n) is 5.17. The first-order valence-corrected chi connectivity index (χ1v) is 5.17. The smallest absolute Gasteiger partial charge is 0.319 e. The van der Waals surface area contributed by atoms with Crippen molar-refractivity contribution in [3.8, 4) is 0 Å². The van der Waals surface area contributed by atoms with Gasteiger partial charge >= 0.3 is 11.9 Å². The van der Waals surface area contributed by atoms with Crippen molar-refractivity contribution in [1.29, 1.82) is 0 Å². The summed E-state index contributed by atoms with van der Waals surface area (Å²) in [4.78, 5) is 20.9. The molecule has 86 valence electrons. The van der Waals surface area contributed by atoms with Crippen molar-refractivity contribution in [3.05, 3.63) is 0 Å². The lowest BCUT2D eigenvalue weighted by Gasteiger charge is -2.21. The lowest BCUT2D eigenvalue weighted by atomic mass is 9.98. The van der Waals surface area contributed by atoms with E-state index in [-0.39, 0.29) is 12.9 Å². The van der Waals surface area contributed by atoms with Gasteiger partial charge in [-0.15, -0.1) is 0 Å². The Morgan fingerprint density at radius 3 is 2.47 bits per heavy atom. The highest BCUT2D eigenvalue weighted by molar-refractivity contribution is 5.89. The maximum Gasteiger partial charge on any atom is 0.319 e. The van der Waals surface area contributed by atoms with Crippen LogP contribution in [0.2, 0.25) is 0 Å². The van der Waals surface area contributed by atoms with Gasteiger partial charge < -0.3 is 14.6 Å². The summed E-state index contributed by atoms with van der Waals surface area (Å²) in [6, 6.07) is 0. The molecular formula is C10H16O5. The van der Waals surface area contributed by atoms with E-state index < -0.39 is 18.4 Å². The number of carboxylic acids is 1. The quantitative estimate of drug-likeness (QED) is 0.426. The third-order valence-corrected chi connectivity index (χ3v) is 2.37. The summed E-state index contributed by atoms with van der Waals surface area (Å²) in [6.07, 6.45) is 5.08. The number of rotatable bonds is 5. The highest BCUT2D eigenvalue weighted by Gasteiger charge is 2.15. The minimum Gasteiger partial charge on any atom is -0.481 e. The number of hydrogen-bond donors (Lipinski definition) is 1. The molecule has 1 rings (SSSR count). The van der Waals surface area contributed by atoms with Crippen LogP contribution in [-0.2, 0) is 19.1 Å². The Morgan fingerprint density at radius 1 is 1.20 bits per heavy atom. The van der Waals surface area contributed by atoms with Crippen molar-refractivity contribution in [2.75, 3.05) is 6.79 Å². The van der Waals surface area contributed by atoms with Gasteiger partial charge in [0.25, 0.3) is 0 Å². The largest absolute Gasteiger partial charge is 0.481 e. The zero-order valence-corrected chi connectivity index (χ0v) is 8.61. The second-order valence-corrected chi connectivity index (χ2v) is 3.63. The van der Waals surface area contributed by atoms with E-state index in [0.717, 1.165) is 25.7 Å². The number of ether oxygens (including phenoxy) is 2. The van der Waals surface area contributed by atoms with Crippen molar-refractivity contribution >= 4 is 11.9 Å². The molecule has 0 aromatic carbocycles. The van der Waals surface area contributed by atoms with E-state index in [0.29, 0.717) is 0 Å².